The van der Waals surface area contributed by atoms with Crippen molar-refractivity contribution in [3.63, 3.8) is 0 Å². The number of carbonyl (C=O) groups excluding carboxylic acids is 2. The lowest BCUT2D eigenvalue weighted by Gasteiger charge is -2.10. The van der Waals surface area contributed by atoms with Crippen LogP contribution in [0, 0.1) is 0 Å². The molecule has 3 N–H and O–H groups in total. The van der Waals surface area contributed by atoms with Crippen LogP contribution in [0.2, 0.25) is 0 Å². The van der Waals surface area contributed by atoms with Gasteiger partial charge in [-0.1, -0.05) is 42.5 Å². The van der Waals surface area contributed by atoms with Gasteiger partial charge in [-0.2, -0.15) is 0 Å². The molecule has 150 valence electrons. The first-order chi connectivity index (χ1) is 13.6. The number of anilines is 1. The van der Waals surface area contributed by atoms with Crippen LogP contribution >= 0.6 is 12.4 Å². The summed E-state index contributed by atoms with van der Waals surface area (Å²) in [6.45, 7) is 0.143. The molecule has 1 fully saturated rings. The summed E-state index contributed by atoms with van der Waals surface area (Å²) in [6, 6.07) is 20.5. The van der Waals surface area contributed by atoms with Gasteiger partial charge in [0.2, 0.25) is 0 Å². The van der Waals surface area contributed by atoms with Crippen LogP contribution in [-0.2, 0) is 11.3 Å². The first-order valence-electron chi connectivity index (χ1n) is 9.17. The second-order valence-electron chi connectivity index (χ2n) is 6.89. The lowest BCUT2D eigenvalue weighted by Crippen LogP contribution is -2.22. The van der Waals surface area contributed by atoms with Crippen LogP contribution in [0.5, 0.6) is 0 Å². The molecule has 0 bridgehead atoms. The number of amides is 1. The molecule has 1 amide bonds. The van der Waals surface area contributed by atoms with Gasteiger partial charge >= 0.3 is 6.09 Å². The Hall–Kier alpha value is -3.09. The van der Waals surface area contributed by atoms with E-state index in [9.17, 15) is 9.59 Å². The molecule has 1 aliphatic rings. The zero-order valence-electron chi connectivity index (χ0n) is 15.7. The second-order valence-corrected chi connectivity index (χ2v) is 6.89. The van der Waals surface area contributed by atoms with Crippen molar-refractivity contribution < 1.29 is 14.3 Å². The Morgan fingerprint density at radius 1 is 1.03 bits per heavy atom. The molecular formula is C22H22ClN3O3. The van der Waals surface area contributed by atoms with E-state index in [1.807, 2.05) is 54.6 Å². The molecule has 7 heteroatoms. The summed E-state index contributed by atoms with van der Waals surface area (Å²) in [5, 5.41) is 2.81. The molecule has 4 rings (SSSR count). The summed E-state index contributed by atoms with van der Waals surface area (Å²) < 4.78 is 6.51. The van der Waals surface area contributed by atoms with Gasteiger partial charge in [-0.25, -0.2) is 9.36 Å². The third kappa shape index (κ3) is 4.85. The summed E-state index contributed by atoms with van der Waals surface area (Å²) in [7, 11) is 0. The van der Waals surface area contributed by atoms with Crippen LogP contribution < -0.4 is 11.1 Å². The fraction of sp³-hybridized carbons (Fsp3) is 0.182. The summed E-state index contributed by atoms with van der Waals surface area (Å²) >= 11 is 0. The molecule has 1 aliphatic carbocycles. The molecule has 0 radical (unpaired) electrons. The van der Waals surface area contributed by atoms with Crippen molar-refractivity contribution in [2.75, 3.05) is 5.32 Å². The molecule has 0 saturated heterocycles. The number of halogens is 1. The molecule has 2 atom stereocenters. The number of ether oxygens (including phenoxy) is 1. The van der Waals surface area contributed by atoms with Gasteiger partial charge in [0.1, 0.15) is 12.3 Å². The van der Waals surface area contributed by atoms with E-state index in [1.165, 1.54) is 16.3 Å². The average Bonchev–Trinajstić information content (AvgIpc) is 3.24. The Morgan fingerprint density at radius 3 is 2.38 bits per heavy atom. The number of hydrogen-bond donors (Lipinski definition) is 2. The Labute approximate surface area is 175 Å². The highest BCUT2D eigenvalue weighted by atomic mass is 35.5. The lowest BCUT2D eigenvalue weighted by molar-refractivity contribution is 0.100. The number of rotatable bonds is 5. The highest BCUT2D eigenvalue weighted by molar-refractivity contribution is 6.05. The molecule has 0 spiro atoms. The molecule has 3 aromatic rings. The van der Waals surface area contributed by atoms with Crippen LogP contribution in [0.3, 0.4) is 0 Å². The molecular weight excluding hydrogens is 390 g/mol. The first kappa shape index (κ1) is 20.6. The Balaban J connectivity index is 0.00000240. The van der Waals surface area contributed by atoms with Gasteiger partial charge in [0.25, 0.3) is 5.91 Å². The number of nitrogens with one attached hydrogen (secondary N) is 1. The van der Waals surface area contributed by atoms with Crippen molar-refractivity contribution in [1.82, 2.24) is 4.57 Å². The number of nitrogens with two attached hydrogens (primary N) is 1. The summed E-state index contributed by atoms with van der Waals surface area (Å²) in [5.74, 6) is 0.0407. The molecule has 1 saturated carbocycles. The molecule has 1 aromatic heterocycles. The Bertz CT molecular complexity index is 986. The van der Waals surface area contributed by atoms with Crippen LogP contribution in [0.15, 0.2) is 72.9 Å². The molecule has 0 aliphatic heterocycles. The van der Waals surface area contributed by atoms with Crippen LogP contribution in [-0.4, -0.2) is 22.6 Å². The van der Waals surface area contributed by atoms with Crippen molar-refractivity contribution in [2.24, 2.45) is 5.73 Å². The fourth-order valence-electron chi connectivity index (χ4n) is 3.12. The van der Waals surface area contributed by atoms with Crippen molar-refractivity contribution >= 4 is 30.1 Å². The maximum Gasteiger partial charge on any atom is 0.418 e. The zero-order chi connectivity index (χ0) is 19.5. The van der Waals surface area contributed by atoms with Gasteiger partial charge < -0.3 is 15.8 Å². The SMILES string of the molecule is Cl.N[C@@H]1C[C@H]1c1ccc(NC(=O)c2cccn2C(=O)OCc2ccccc2)cc1. The molecule has 1 heterocycles. The van der Waals surface area contributed by atoms with Crippen LogP contribution in [0.4, 0.5) is 10.5 Å². The van der Waals surface area contributed by atoms with Gasteiger partial charge in [0, 0.05) is 23.8 Å². The minimum Gasteiger partial charge on any atom is -0.444 e. The predicted octanol–water partition coefficient (Wildman–Crippen LogP) is 4.16. The molecule has 2 aromatic carbocycles. The van der Waals surface area contributed by atoms with E-state index in [4.69, 9.17) is 10.5 Å². The maximum atomic E-state index is 12.6. The molecule has 0 unspecified atom stereocenters. The van der Waals surface area contributed by atoms with Crippen LogP contribution in [0.25, 0.3) is 0 Å². The third-order valence-electron chi connectivity index (χ3n) is 4.82. The van der Waals surface area contributed by atoms with Crippen molar-refractivity contribution in [1.29, 1.82) is 0 Å². The number of aromatic nitrogens is 1. The number of carbonyl (C=O) groups is 2. The predicted molar refractivity (Wildman–Crippen MR) is 113 cm³/mol. The number of nitrogens with zero attached hydrogens (tertiary/aromatic N) is 1. The van der Waals surface area contributed by atoms with E-state index < -0.39 is 6.09 Å². The average molecular weight is 412 g/mol. The van der Waals surface area contributed by atoms with E-state index in [2.05, 4.69) is 5.32 Å². The summed E-state index contributed by atoms with van der Waals surface area (Å²) in [5.41, 5.74) is 8.80. The van der Waals surface area contributed by atoms with Crippen molar-refractivity contribution in [2.45, 2.75) is 25.0 Å². The number of hydrogen-bond acceptors (Lipinski definition) is 4. The monoisotopic (exact) mass is 411 g/mol. The van der Waals surface area contributed by atoms with E-state index in [0.717, 1.165) is 12.0 Å². The Kier molecular flexibility index (Phi) is 6.36. The van der Waals surface area contributed by atoms with E-state index in [-0.39, 0.29) is 36.7 Å². The highest BCUT2D eigenvalue weighted by Gasteiger charge is 2.34. The largest absolute Gasteiger partial charge is 0.444 e. The van der Waals surface area contributed by atoms with Gasteiger partial charge in [0.15, 0.2) is 0 Å². The number of benzene rings is 2. The van der Waals surface area contributed by atoms with Gasteiger partial charge in [-0.05, 0) is 41.8 Å². The van der Waals surface area contributed by atoms with E-state index >= 15 is 0 Å². The van der Waals surface area contributed by atoms with E-state index in [1.54, 1.807) is 12.1 Å². The highest BCUT2D eigenvalue weighted by Crippen LogP contribution is 2.39. The summed E-state index contributed by atoms with van der Waals surface area (Å²) in [6.07, 6.45) is 1.92. The standard InChI is InChI=1S/C22H21N3O3.ClH/c23-19-13-18(19)16-8-10-17(11-9-16)24-21(26)20-7-4-12-25(20)22(27)28-14-15-5-2-1-3-6-15;/h1-12,18-19H,13-14,23H2,(H,24,26);1H/t18-,19+;/m0./s1. The van der Waals surface area contributed by atoms with Gasteiger partial charge in [-0.15, -0.1) is 12.4 Å². The smallest absolute Gasteiger partial charge is 0.418 e. The van der Waals surface area contributed by atoms with Gasteiger partial charge in [0.05, 0.1) is 0 Å². The quantitative estimate of drug-likeness (QED) is 0.660. The minimum absolute atomic E-state index is 0. The van der Waals surface area contributed by atoms with Gasteiger partial charge in [-0.3, -0.25) is 4.79 Å². The third-order valence-corrected chi connectivity index (χ3v) is 4.82. The summed E-state index contributed by atoms with van der Waals surface area (Å²) in [4.78, 5) is 25.0. The Morgan fingerprint density at radius 2 is 1.72 bits per heavy atom. The van der Waals surface area contributed by atoms with E-state index in [0.29, 0.717) is 11.6 Å². The molecule has 6 nitrogen and oxygen atoms in total. The topological polar surface area (TPSA) is 86.4 Å². The minimum atomic E-state index is -0.600. The lowest BCUT2D eigenvalue weighted by atomic mass is 10.1. The second kappa shape index (κ2) is 8.94. The normalized spacial score (nSPS) is 17.1. The zero-order valence-corrected chi connectivity index (χ0v) is 16.5. The van der Waals surface area contributed by atoms with Crippen molar-refractivity contribution in [3.8, 4) is 0 Å². The first-order valence-corrected chi connectivity index (χ1v) is 9.17. The maximum absolute atomic E-state index is 12.6. The van der Waals surface area contributed by atoms with Crippen LogP contribution in [0.1, 0.15) is 34.0 Å². The van der Waals surface area contributed by atoms with Crippen molar-refractivity contribution in [3.05, 3.63) is 89.7 Å². The molecule has 29 heavy (non-hydrogen) atoms. The fourth-order valence-corrected chi connectivity index (χ4v) is 3.12.